The number of benzene rings is 1. The Morgan fingerprint density at radius 1 is 0.977 bits per heavy atom. The van der Waals surface area contributed by atoms with Gasteiger partial charge in [0.15, 0.2) is 5.13 Å². The highest BCUT2D eigenvalue weighted by Gasteiger charge is 2.21. The average Bonchev–Trinajstić information content (AvgIpc) is 3.47. The maximum atomic E-state index is 12.8. The molecule has 0 spiro atoms. The van der Waals surface area contributed by atoms with Crippen LogP contribution < -0.4 is 26.2 Å². The van der Waals surface area contributed by atoms with E-state index in [1.807, 2.05) is 39.1 Å². The maximum absolute atomic E-state index is 12.8. The number of aromatic nitrogens is 3. The number of nitrogens with zero attached hydrogens (tertiary/aromatic N) is 5. The molecule has 2 aromatic heterocycles. The zero-order chi connectivity index (χ0) is 31.3. The second-order valence-electron chi connectivity index (χ2n) is 11.0. The summed E-state index contributed by atoms with van der Waals surface area (Å²) in [5, 5.41) is 13.4. The van der Waals surface area contributed by atoms with Gasteiger partial charge in [0.2, 0.25) is 5.91 Å². The molecule has 0 unspecified atom stereocenters. The van der Waals surface area contributed by atoms with Crippen LogP contribution in [0.4, 0.5) is 22.5 Å². The summed E-state index contributed by atoms with van der Waals surface area (Å²) in [6, 6.07) is 7.37. The fraction of sp³-hybridized carbons (Fsp3) is 0.516. The number of halogens is 1. The smallest absolute Gasteiger partial charge is 0.267 e. The first kappa shape index (κ1) is 33.6. The molecule has 0 atom stereocenters. The van der Waals surface area contributed by atoms with Crippen molar-refractivity contribution in [3.05, 3.63) is 51.7 Å². The SMILES string of the molecule is CNCCCCCCCCNC(=O)CN1CCN(c2cc(Nc3ncc(C(=O)Nc4c(C)cccc4Cl)s3)nc(C)n2)CC1. The highest BCUT2D eigenvalue weighted by atomic mass is 35.5. The number of nitrogens with one attached hydrogen (secondary N) is 4. The Morgan fingerprint density at radius 3 is 2.43 bits per heavy atom. The Bertz CT molecular complexity index is 1360. The van der Waals surface area contributed by atoms with Gasteiger partial charge in [-0.3, -0.25) is 14.5 Å². The van der Waals surface area contributed by atoms with E-state index in [9.17, 15) is 9.59 Å². The molecule has 1 aromatic carbocycles. The first-order valence-electron chi connectivity index (χ1n) is 15.4. The molecule has 1 fully saturated rings. The number of anilines is 4. The highest BCUT2D eigenvalue weighted by molar-refractivity contribution is 7.17. The fourth-order valence-corrected chi connectivity index (χ4v) is 6.03. The number of amides is 2. The summed E-state index contributed by atoms with van der Waals surface area (Å²) in [6.45, 7) is 9.09. The van der Waals surface area contributed by atoms with Crippen molar-refractivity contribution in [3.8, 4) is 0 Å². The van der Waals surface area contributed by atoms with Gasteiger partial charge < -0.3 is 26.2 Å². The molecule has 1 saturated heterocycles. The quantitative estimate of drug-likeness (QED) is 0.160. The molecule has 238 valence electrons. The Labute approximate surface area is 269 Å². The largest absolute Gasteiger partial charge is 0.355 e. The van der Waals surface area contributed by atoms with E-state index in [0.29, 0.717) is 38.9 Å². The van der Waals surface area contributed by atoms with Crippen LogP contribution in [0.1, 0.15) is 59.6 Å². The van der Waals surface area contributed by atoms with Crippen LogP contribution in [0, 0.1) is 13.8 Å². The minimum atomic E-state index is -0.274. The molecular formula is C31H44ClN9O2S. The third kappa shape index (κ3) is 10.4. The number of piperazine rings is 1. The minimum Gasteiger partial charge on any atom is -0.355 e. The Balaban J connectivity index is 1.21. The van der Waals surface area contributed by atoms with Gasteiger partial charge in [-0.2, -0.15) is 0 Å². The van der Waals surface area contributed by atoms with E-state index in [1.54, 1.807) is 6.07 Å². The highest BCUT2D eigenvalue weighted by Crippen LogP contribution is 2.28. The minimum absolute atomic E-state index is 0.0929. The fourth-order valence-electron chi connectivity index (χ4n) is 5.05. The van der Waals surface area contributed by atoms with E-state index < -0.39 is 0 Å². The number of carbonyl (C=O) groups excluding carboxylic acids is 2. The molecule has 1 aliphatic rings. The Kier molecular flexibility index (Phi) is 13.2. The van der Waals surface area contributed by atoms with E-state index in [-0.39, 0.29) is 11.8 Å². The summed E-state index contributed by atoms with van der Waals surface area (Å²) >= 11 is 7.50. The number of aryl methyl sites for hydroxylation is 2. The summed E-state index contributed by atoms with van der Waals surface area (Å²) in [6.07, 6.45) is 8.72. The van der Waals surface area contributed by atoms with Crippen LogP contribution in [-0.2, 0) is 4.79 Å². The predicted molar refractivity (Wildman–Crippen MR) is 180 cm³/mol. The number of carbonyl (C=O) groups is 2. The van der Waals surface area contributed by atoms with E-state index in [4.69, 9.17) is 11.6 Å². The van der Waals surface area contributed by atoms with Crippen LogP contribution in [0.5, 0.6) is 0 Å². The molecule has 11 nitrogen and oxygen atoms in total. The number of hydrogen-bond acceptors (Lipinski definition) is 10. The van der Waals surface area contributed by atoms with Crippen molar-refractivity contribution in [2.75, 3.05) is 68.4 Å². The lowest BCUT2D eigenvalue weighted by Gasteiger charge is -2.35. The van der Waals surface area contributed by atoms with Crippen molar-refractivity contribution in [3.63, 3.8) is 0 Å². The molecule has 2 amide bonds. The standard InChI is InChI=1S/C31H44ClN9O2S/c1-22-11-10-12-24(32)29(22)39-30(43)25-20-35-31(44-25)38-26-19-27(37-23(2)36-26)41-17-15-40(16-18-41)21-28(42)34-14-9-7-5-4-6-8-13-33-3/h10-12,19-20,33H,4-9,13-18,21H2,1-3H3,(H,34,42)(H,39,43)(H,35,36,37,38). The normalized spacial score (nSPS) is 13.6. The molecule has 13 heteroatoms. The van der Waals surface area contributed by atoms with E-state index in [2.05, 4.69) is 46.0 Å². The third-order valence-electron chi connectivity index (χ3n) is 7.49. The summed E-state index contributed by atoms with van der Waals surface area (Å²) in [7, 11) is 1.99. The van der Waals surface area contributed by atoms with Crippen molar-refractivity contribution in [1.29, 1.82) is 0 Å². The van der Waals surface area contributed by atoms with Crippen molar-refractivity contribution in [2.24, 2.45) is 0 Å². The van der Waals surface area contributed by atoms with Gasteiger partial charge in [-0.1, -0.05) is 60.8 Å². The summed E-state index contributed by atoms with van der Waals surface area (Å²) in [5.41, 5.74) is 1.48. The zero-order valence-corrected chi connectivity index (χ0v) is 27.5. The van der Waals surface area contributed by atoms with Gasteiger partial charge in [-0.15, -0.1) is 0 Å². The van der Waals surface area contributed by atoms with Crippen LogP contribution in [-0.4, -0.2) is 84.5 Å². The molecule has 3 aromatic rings. The molecule has 4 N–H and O–H groups in total. The van der Waals surface area contributed by atoms with Gasteiger partial charge in [-0.25, -0.2) is 15.0 Å². The van der Waals surface area contributed by atoms with Crippen molar-refractivity contribution in [2.45, 2.75) is 52.4 Å². The maximum Gasteiger partial charge on any atom is 0.267 e. The molecule has 0 aliphatic carbocycles. The number of thiazole rings is 1. The molecule has 44 heavy (non-hydrogen) atoms. The van der Waals surface area contributed by atoms with Crippen molar-refractivity contribution >= 4 is 57.2 Å². The lowest BCUT2D eigenvalue weighted by Crippen LogP contribution is -2.49. The van der Waals surface area contributed by atoms with Crippen molar-refractivity contribution < 1.29 is 9.59 Å². The first-order valence-corrected chi connectivity index (χ1v) is 16.6. The second kappa shape index (κ2) is 17.2. The summed E-state index contributed by atoms with van der Waals surface area (Å²) in [5.74, 6) is 1.88. The second-order valence-corrected chi connectivity index (χ2v) is 12.5. The third-order valence-corrected chi connectivity index (χ3v) is 8.72. The van der Waals surface area contributed by atoms with E-state index in [0.717, 1.165) is 63.5 Å². The van der Waals surface area contributed by atoms with E-state index in [1.165, 1.54) is 43.2 Å². The summed E-state index contributed by atoms with van der Waals surface area (Å²) < 4.78 is 0. The molecule has 1 aliphatic heterocycles. The van der Waals surface area contributed by atoms with Gasteiger partial charge in [0.05, 0.1) is 23.5 Å². The topological polar surface area (TPSA) is 127 Å². The van der Waals surface area contributed by atoms with Crippen LogP contribution in [0.25, 0.3) is 0 Å². The molecule has 0 bridgehead atoms. The van der Waals surface area contributed by atoms with Gasteiger partial charge in [0.25, 0.3) is 5.91 Å². The van der Waals surface area contributed by atoms with Gasteiger partial charge in [0.1, 0.15) is 22.3 Å². The zero-order valence-electron chi connectivity index (χ0n) is 25.9. The number of unbranched alkanes of at least 4 members (excludes halogenated alkanes) is 5. The number of rotatable bonds is 16. The Hall–Kier alpha value is -3.32. The van der Waals surface area contributed by atoms with Gasteiger partial charge >= 0.3 is 0 Å². The van der Waals surface area contributed by atoms with E-state index >= 15 is 0 Å². The van der Waals surface area contributed by atoms with Crippen molar-refractivity contribution in [1.82, 2.24) is 30.5 Å². The first-order chi connectivity index (χ1) is 21.3. The molecule has 0 radical (unpaired) electrons. The number of para-hydroxylation sites is 1. The van der Waals surface area contributed by atoms with Crippen LogP contribution in [0.15, 0.2) is 30.5 Å². The lowest BCUT2D eigenvalue weighted by atomic mass is 10.1. The molecule has 3 heterocycles. The van der Waals surface area contributed by atoms with Gasteiger partial charge in [-0.05, 0) is 51.9 Å². The summed E-state index contributed by atoms with van der Waals surface area (Å²) in [4.78, 5) is 43.7. The molecule has 4 rings (SSSR count). The molecular weight excluding hydrogens is 598 g/mol. The molecule has 0 saturated carbocycles. The average molecular weight is 642 g/mol. The lowest BCUT2D eigenvalue weighted by molar-refractivity contribution is -0.122. The van der Waals surface area contributed by atoms with Crippen LogP contribution in [0.3, 0.4) is 0 Å². The Morgan fingerprint density at radius 2 is 1.70 bits per heavy atom. The predicted octanol–water partition coefficient (Wildman–Crippen LogP) is 5.00. The van der Waals surface area contributed by atoms with Crippen LogP contribution >= 0.6 is 22.9 Å². The monoisotopic (exact) mass is 641 g/mol. The van der Waals surface area contributed by atoms with Crippen LogP contribution in [0.2, 0.25) is 5.02 Å². The van der Waals surface area contributed by atoms with Gasteiger partial charge in [0, 0.05) is 38.8 Å². The number of hydrogen-bond donors (Lipinski definition) is 4.